The Morgan fingerprint density at radius 1 is 0.465 bits per heavy atom. The largest absolute Gasteiger partial charge is 0.337 e. The van der Waals surface area contributed by atoms with Crippen LogP contribution in [0.5, 0.6) is 0 Å². The second kappa shape index (κ2) is 29.5. The highest BCUT2D eigenvalue weighted by Crippen LogP contribution is 2.55. The van der Waals surface area contributed by atoms with Gasteiger partial charge in [-0.2, -0.15) is 0 Å². The molecular weight excluding hydrogens is 584 g/mol. The van der Waals surface area contributed by atoms with E-state index in [0.29, 0.717) is 0 Å². The van der Waals surface area contributed by atoms with Crippen LogP contribution in [0.3, 0.4) is 0 Å². The van der Waals surface area contributed by atoms with E-state index in [-0.39, 0.29) is 0 Å². The van der Waals surface area contributed by atoms with Crippen molar-refractivity contribution in [1.29, 1.82) is 0 Å². The summed E-state index contributed by atoms with van der Waals surface area (Å²) in [6.07, 6.45) is 41.1. The third kappa shape index (κ3) is 27.0. The zero-order chi connectivity index (χ0) is 31.3. The van der Waals surface area contributed by atoms with Gasteiger partial charge < -0.3 is 9.79 Å². The number of benzene rings is 1. The molecule has 0 aromatic heterocycles. The van der Waals surface area contributed by atoms with E-state index in [2.05, 4.69) is 26.0 Å². The minimum atomic E-state index is -3.29. The molecule has 2 N–H and O–H groups in total. The molecule has 252 valence electrons. The van der Waals surface area contributed by atoms with Crippen LogP contribution in [-0.2, 0) is 24.6 Å². The van der Waals surface area contributed by atoms with Crippen LogP contribution in [0, 0.1) is 0 Å². The lowest BCUT2D eigenvalue weighted by atomic mass is 9.96. The zero-order valence-electron chi connectivity index (χ0n) is 28.6. The minimum Gasteiger partial charge on any atom is -0.337 e. The lowest BCUT2D eigenvalue weighted by Crippen LogP contribution is -1.97. The first-order chi connectivity index (χ1) is 21.0. The van der Waals surface area contributed by atoms with Gasteiger partial charge in [0.25, 0.3) is 0 Å². The molecule has 1 aromatic rings. The standard InChI is InChI=1S/C38H71O2PS2/c1-3-5-7-9-11-13-15-17-19-21-23-25-27-29-31-36-33-34-38(43-41(39,40)42)35-37(36)32-30-28-26-24-22-20-18-16-14-12-10-8-6-4-2/h33-35H,3-32H2,1-2H3,(H2,39,40,42). The third-order valence-corrected chi connectivity index (χ3v) is 11.7. The van der Waals surface area contributed by atoms with E-state index in [4.69, 9.17) is 11.8 Å². The van der Waals surface area contributed by atoms with Gasteiger partial charge in [-0.15, -0.1) is 0 Å². The van der Waals surface area contributed by atoms with E-state index in [9.17, 15) is 9.79 Å². The summed E-state index contributed by atoms with van der Waals surface area (Å²) in [7, 11) is 0. The van der Waals surface area contributed by atoms with Crippen LogP contribution in [0.15, 0.2) is 23.1 Å². The van der Waals surface area contributed by atoms with E-state index in [1.54, 1.807) is 0 Å². The normalized spacial score (nSPS) is 11.9. The molecule has 0 atom stereocenters. The van der Waals surface area contributed by atoms with E-state index < -0.39 is 5.69 Å². The molecule has 5 heteroatoms. The predicted octanol–water partition coefficient (Wildman–Crippen LogP) is 14.0. The topological polar surface area (TPSA) is 40.5 Å². The van der Waals surface area contributed by atoms with Crippen LogP contribution >= 0.6 is 17.1 Å². The molecule has 0 amide bonds. The van der Waals surface area contributed by atoms with Crippen molar-refractivity contribution >= 4 is 28.9 Å². The Labute approximate surface area is 278 Å². The molecular formula is C38H71O2PS2. The molecule has 0 unspecified atom stereocenters. The summed E-state index contributed by atoms with van der Waals surface area (Å²) in [4.78, 5) is 20.6. The molecule has 0 saturated carbocycles. The van der Waals surface area contributed by atoms with Gasteiger partial charge in [0.05, 0.1) is 0 Å². The van der Waals surface area contributed by atoms with Crippen molar-refractivity contribution in [3.63, 3.8) is 0 Å². The summed E-state index contributed by atoms with van der Waals surface area (Å²) >= 11 is 5.97. The van der Waals surface area contributed by atoms with Crippen molar-refractivity contribution in [2.24, 2.45) is 0 Å². The number of unbranched alkanes of at least 4 members (excludes halogenated alkanes) is 26. The summed E-state index contributed by atoms with van der Waals surface area (Å²) in [5, 5.41) is 0. The number of hydrogen-bond acceptors (Lipinski definition) is 2. The molecule has 43 heavy (non-hydrogen) atoms. The molecule has 0 spiro atoms. The highest BCUT2D eigenvalue weighted by atomic mass is 32.9. The van der Waals surface area contributed by atoms with E-state index in [1.807, 2.05) is 6.07 Å². The van der Waals surface area contributed by atoms with E-state index in [1.165, 1.54) is 191 Å². The summed E-state index contributed by atoms with van der Waals surface area (Å²) in [6.45, 7) is 4.58. The SMILES string of the molecule is CCCCCCCCCCCCCCCCc1ccc(SP(O)(O)=S)cc1CCCCCCCCCCCCCCCC. The van der Waals surface area contributed by atoms with Gasteiger partial charge in [-0.25, -0.2) is 0 Å². The quantitative estimate of drug-likeness (QED) is 0.0599. The molecule has 0 aliphatic heterocycles. The fourth-order valence-electron chi connectivity index (χ4n) is 6.29. The molecule has 1 aromatic carbocycles. The Kier molecular flexibility index (Phi) is 28.3. The maximum atomic E-state index is 9.83. The molecule has 0 aliphatic carbocycles. The molecule has 0 fully saturated rings. The Bertz CT molecular complexity index is 794. The van der Waals surface area contributed by atoms with Crippen molar-refractivity contribution in [2.45, 2.75) is 211 Å². The summed E-state index contributed by atoms with van der Waals surface area (Å²) < 4.78 is 0. The summed E-state index contributed by atoms with van der Waals surface area (Å²) in [6, 6.07) is 6.47. The maximum Gasteiger partial charge on any atom is 0.246 e. The maximum absolute atomic E-state index is 9.83. The summed E-state index contributed by atoms with van der Waals surface area (Å²) in [5.74, 6) is 0. The predicted molar refractivity (Wildman–Crippen MR) is 199 cm³/mol. The second-order valence-electron chi connectivity index (χ2n) is 13.2. The number of aryl methyl sites for hydroxylation is 2. The van der Waals surface area contributed by atoms with Crippen LogP contribution in [0.2, 0.25) is 0 Å². The lowest BCUT2D eigenvalue weighted by molar-refractivity contribution is 0.502. The summed E-state index contributed by atoms with van der Waals surface area (Å²) in [5.41, 5.74) is -0.422. The molecule has 1 rings (SSSR count). The van der Waals surface area contributed by atoms with Gasteiger partial charge in [-0.1, -0.05) is 187 Å². The van der Waals surface area contributed by atoms with Crippen molar-refractivity contribution in [3.8, 4) is 0 Å². The van der Waals surface area contributed by atoms with Gasteiger partial charge in [0.2, 0.25) is 5.69 Å². The van der Waals surface area contributed by atoms with Crippen molar-refractivity contribution < 1.29 is 9.79 Å². The molecule has 0 saturated heterocycles. The first kappa shape index (κ1) is 41.2. The van der Waals surface area contributed by atoms with Crippen LogP contribution in [-0.4, -0.2) is 9.79 Å². The van der Waals surface area contributed by atoms with Gasteiger partial charge in [0, 0.05) is 4.90 Å². The molecule has 2 nitrogen and oxygen atoms in total. The Morgan fingerprint density at radius 2 is 0.767 bits per heavy atom. The monoisotopic (exact) mass is 654 g/mol. The van der Waals surface area contributed by atoms with Gasteiger partial charge in [-0.3, -0.25) is 0 Å². The lowest BCUT2D eigenvalue weighted by Gasteiger charge is -2.13. The third-order valence-electron chi connectivity index (χ3n) is 9.00. The van der Waals surface area contributed by atoms with E-state index >= 15 is 0 Å². The van der Waals surface area contributed by atoms with Crippen LogP contribution in [0.25, 0.3) is 0 Å². The minimum absolute atomic E-state index is 0.915. The van der Waals surface area contributed by atoms with Gasteiger partial charge >= 0.3 is 0 Å². The molecule has 0 bridgehead atoms. The zero-order valence-corrected chi connectivity index (χ0v) is 31.1. The fourth-order valence-corrected chi connectivity index (χ4v) is 8.83. The highest BCUT2D eigenvalue weighted by Gasteiger charge is 2.12. The van der Waals surface area contributed by atoms with Crippen molar-refractivity contribution in [3.05, 3.63) is 29.3 Å². The fraction of sp³-hybridized carbons (Fsp3) is 0.842. The van der Waals surface area contributed by atoms with Crippen LogP contribution < -0.4 is 0 Å². The Morgan fingerprint density at radius 3 is 1.09 bits per heavy atom. The van der Waals surface area contributed by atoms with Crippen molar-refractivity contribution in [2.75, 3.05) is 0 Å². The molecule has 0 radical (unpaired) electrons. The number of rotatable bonds is 32. The molecule has 0 aliphatic rings. The smallest absolute Gasteiger partial charge is 0.246 e. The van der Waals surface area contributed by atoms with Gasteiger partial charge in [-0.05, 0) is 72.1 Å². The molecule has 0 heterocycles. The van der Waals surface area contributed by atoms with Gasteiger partial charge in [0.15, 0.2) is 0 Å². The average Bonchev–Trinajstić information content (AvgIpc) is 2.97. The average molecular weight is 655 g/mol. The second-order valence-corrected chi connectivity index (χ2v) is 19.1. The Hall–Kier alpha value is 0.140. The first-order valence-corrected chi connectivity index (χ1v) is 23.0. The Balaban J connectivity index is 2.21. The highest BCUT2D eigenvalue weighted by molar-refractivity contribution is 8.67. The van der Waals surface area contributed by atoms with Crippen molar-refractivity contribution in [1.82, 2.24) is 0 Å². The van der Waals surface area contributed by atoms with Crippen LogP contribution in [0.4, 0.5) is 0 Å². The van der Waals surface area contributed by atoms with Crippen LogP contribution in [0.1, 0.15) is 205 Å². The van der Waals surface area contributed by atoms with Gasteiger partial charge in [0.1, 0.15) is 0 Å². The first-order valence-electron chi connectivity index (χ1n) is 18.8. The van der Waals surface area contributed by atoms with E-state index in [0.717, 1.165) is 29.1 Å². The number of hydrogen-bond donors (Lipinski definition) is 2.